The van der Waals surface area contributed by atoms with Gasteiger partial charge in [-0.2, -0.15) is 0 Å². The topological polar surface area (TPSA) is 60.4 Å². The largest absolute Gasteiger partial charge is 0.486 e. The molecule has 0 amide bonds. The third-order valence-electron chi connectivity index (χ3n) is 8.07. The fourth-order valence-corrected chi connectivity index (χ4v) is 5.80. The number of ether oxygens (including phenoxy) is 1. The highest BCUT2D eigenvalue weighted by Gasteiger charge is 2.74. The highest BCUT2D eigenvalue weighted by atomic mass is 16.5. The first-order valence-electron chi connectivity index (χ1n) is 11.6. The van der Waals surface area contributed by atoms with Gasteiger partial charge in [0.15, 0.2) is 22.8 Å². The van der Waals surface area contributed by atoms with Gasteiger partial charge in [-0.3, -0.25) is 14.4 Å². The summed E-state index contributed by atoms with van der Waals surface area (Å²) in [6.07, 6.45) is 7.69. The summed E-state index contributed by atoms with van der Waals surface area (Å²) >= 11 is 0. The van der Waals surface area contributed by atoms with Crippen LogP contribution in [0, 0.1) is 28.1 Å². The number of allylic oxidation sites excluding steroid dienone is 5. The SMILES string of the molecule is CCC(C)C(=O)C12C(=O)C3=C(OC(C)(C)C=C3)C(C)(CC(CC=C(C)C)C1(C)C)C2=O. The number of carbonyl (C=O) groups is 3. The van der Waals surface area contributed by atoms with Gasteiger partial charge in [0.25, 0.3) is 0 Å². The average Bonchev–Trinajstić information content (AvgIpc) is 2.67. The predicted octanol–water partition coefficient (Wildman–Crippen LogP) is 5.77. The second-order valence-corrected chi connectivity index (χ2v) is 11.3. The summed E-state index contributed by atoms with van der Waals surface area (Å²) in [6, 6.07) is 0. The first-order valence-corrected chi connectivity index (χ1v) is 11.6. The van der Waals surface area contributed by atoms with Crippen LogP contribution in [-0.4, -0.2) is 23.0 Å². The van der Waals surface area contributed by atoms with Crippen LogP contribution in [0.1, 0.15) is 81.6 Å². The average molecular weight is 427 g/mol. The zero-order chi connectivity index (χ0) is 23.6. The summed E-state index contributed by atoms with van der Waals surface area (Å²) in [5, 5.41) is 0. The van der Waals surface area contributed by atoms with Gasteiger partial charge in [0.2, 0.25) is 0 Å². The molecular formula is C27H38O4. The van der Waals surface area contributed by atoms with Crippen molar-refractivity contribution in [3.05, 3.63) is 35.1 Å². The molecule has 0 N–H and O–H groups in total. The fourth-order valence-electron chi connectivity index (χ4n) is 5.80. The number of Topliss-reactive ketones (excluding diaryl/α,β-unsaturated/α-hetero) is 3. The van der Waals surface area contributed by atoms with Gasteiger partial charge in [-0.05, 0) is 77.4 Å². The van der Waals surface area contributed by atoms with Crippen molar-refractivity contribution in [2.45, 2.75) is 87.2 Å². The Labute approximate surface area is 187 Å². The minimum absolute atomic E-state index is 0.00581. The van der Waals surface area contributed by atoms with Crippen LogP contribution < -0.4 is 0 Å². The van der Waals surface area contributed by atoms with E-state index in [1.807, 2.05) is 68.4 Å². The summed E-state index contributed by atoms with van der Waals surface area (Å²) in [5.41, 5.74) is -2.48. The Balaban J connectivity index is 2.35. The lowest BCUT2D eigenvalue weighted by Gasteiger charge is -2.60. The molecule has 0 aromatic heterocycles. The standard InChI is InChI=1S/C27H38O4/c1-10-17(4)20(28)27-21(29)19-13-14-24(5,6)31-22(19)26(9,23(27)30)15-18(25(27,7)8)12-11-16(2)3/h11,13-14,17-18H,10,12,15H2,1-9H3. The molecule has 4 nitrogen and oxygen atoms in total. The molecule has 0 aromatic carbocycles. The van der Waals surface area contributed by atoms with Crippen molar-refractivity contribution in [1.29, 1.82) is 0 Å². The van der Waals surface area contributed by atoms with Crippen molar-refractivity contribution < 1.29 is 19.1 Å². The van der Waals surface area contributed by atoms with E-state index >= 15 is 0 Å². The molecule has 1 aliphatic heterocycles. The molecule has 3 rings (SSSR count). The zero-order valence-corrected chi connectivity index (χ0v) is 20.6. The lowest BCUT2D eigenvalue weighted by Crippen LogP contribution is -2.70. The van der Waals surface area contributed by atoms with E-state index in [2.05, 4.69) is 6.08 Å². The molecule has 2 bridgehead atoms. The summed E-state index contributed by atoms with van der Waals surface area (Å²) in [6.45, 7) is 17.5. The van der Waals surface area contributed by atoms with E-state index in [4.69, 9.17) is 4.74 Å². The third-order valence-corrected chi connectivity index (χ3v) is 8.07. The maximum absolute atomic E-state index is 14.3. The Kier molecular flexibility index (Phi) is 5.56. The first kappa shape index (κ1) is 23.7. The summed E-state index contributed by atoms with van der Waals surface area (Å²) in [4.78, 5) is 42.4. The molecule has 31 heavy (non-hydrogen) atoms. The molecule has 4 heteroatoms. The highest BCUT2D eigenvalue weighted by molar-refractivity contribution is 6.34. The second-order valence-electron chi connectivity index (χ2n) is 11.3. The van der Waals surface area contributed by atoms with E-state index in [1.54, 1.807) is 6.08 Å². The van der Waals surface area contributed by atoms with Gasteiger partial charge in [0, 0.05) is 5.92 Å². The number of hydrogen-bond donors (Lipinski definition) is 0. The lowest BCUT2D eigenvalue weighted by atomic mass is 9.40. The van der Waals surface area contributed by atoms with Gasteiger partial charge in [0.1, 0.15) is 11.4 Å². The molecule has 0 saturated heterocycles. The third kappa shape index (κ3) is 3.12. The molecule has 1 saturated carbocycles. The maximum atomic E-state index is 14.3. The number of carbonyl (C=O) groups excluding carboxylic acids is 3. The van der Waals surface area contributed by atoms with Crippen molar-refractivity contribution in [3.8, 4) is 0 Å². The van der Waals surface area contributed by atoms with Gasteiger partial charge in [0.05, 0.1) is 11.0 Å². The highest BCUT2D eigenvalue weighted by Crippen LogP contribution is 2.65. The molecule has 0 radical (unpaired) electrons. The van der Waals surface area contributed by atoms with E-state index in [0.29, 0.717) is 24.2 Å². The van der Waals surface area contributed by atoms with Crippen molar-refractivity contribution in [2.75, 3.05) is 0 Å². The van der Waals surface area contributed by atoms with E-state index < -0.39 is 21.8 Å². The van der Waals surface area contributed by atoms with Crippen LogP contribution in [0.5, 0.6) is 0 Å². The van der Waals surface area contributed by atoms with Crippen LogP contribution in [0.25, 0.3) is 0 Å². The van der Waals surface area contributed by atoms with E-state index in [-0.39, 0.29) is 29.2 Å². The Morgan fingerprint density at radius 2 is 1.81 bits per heavy atom. The monoisotopic (exact) mass is 426 g/mol. The van der Waals surface area contributed by atoms with Crippen LogP contribution in [0.3, 0.4) is 0 Å². The summed E-state index contributed by atoms with van der Waals surface area (Å²) in [7, 11) is 0. The van der Waals surface area contributed by atoms with E-state index in [0.717, 1.165) is 6.42 Å². The van der Waals surface area contributed by atoms with Crippen molar-refractivity contribution >= 4 is 17.3 Å². The lowest BCUT2D eigenvalue weighted by molar-refractivity contribution is -0.178. The predicted molar refractivity (Wildman–Crippen MR) is 122 cm³/mol. The molecule has 2 aliphatic carbocycles. The van der Waals surface area contributed by atoms with Gasteiger partial charge in [-0.15, -0.1) is 0 Å². The molecular weight excluding hydrogens is 388 g/mol. The molecule has 4 unspecified atom stereocenters. The quantitative estimate of drug-likeness (QED) is 0.414. The Morgan fingerprint density at radius 3 is 2.35 bits per heavy atom. The molecule has 1 fully saturated rings. The molecule has 1 heterocycles. The summed E-state index contributed by atoms with van der Waals surface area (Å²) < 4.78 is 6.29. The fraction of sp³-hybridized carbons (Fsp3) is 0.667. The van der Waals surface area contributed by atoms with Crippen molar-refractivity contribution in [1.82, 2.24) is 0 Å². The van der Waals surface area contributed by atoms with Crippen molar-refractivity contribution in [2.24, 2.45) is 28.1 Å². The van der Waals surface area contributed by atoms with Crippen molar-refractivity contribution in [3.63, 3.8) is 0 Å². The van der Waals surface area contributed by atoms with Crippen LogP contribution in [0.2, 0.25) is 0 Å². The van der Waals surface area contributed by atoms with E-state index in [9.17, 15) is 14.4 Å². The smallest absolute Gasteiger partial charge is 0.187 e. The molecule has 3 aliphatic rings. The van der Waals surface area contributed by atoms with Gasteiger partial charge in [-0.1, -0.05) is 39.3 Å². The summed E-state index contributed by atoms with van der Waals surface area (Å²) in [5.74, 6) is -0.778. The van der Waals surface area contributed by atoms with Gasteiger partial charge in [-0.25, -0.2) is 0 Å². The minimum atomic E-state index is -1.68. The number of hydrogen-bond acceptors (Lipinski definition) is 4. The molecule has 0 spiro atoms. The van der Waals surface area contributed by atoms with Gasteiger partial charge >= 0.3 is 0 Å². The van der Waals surface area contributed by atoms with E-state index in [1.165, 1.54) is 5.57 Å². The molecule has 0 aromatic rings. The Bertz CT molecular complexity index is 925. The number of fused-ring (bicyclic) bond motifs is 3. The van der Waals surface area contributed by atoms with Crippen LogP contribution in [-0.2, 0) is 19.1 Å². The second kappa shape index (κ2) is 7.28. The number of rotatable bonds is 5. The zero-order valence-electron chi connectivity index (χ0n) is 20.6. The van der Waals surface area contributed by atoms with Gasteiger partial charge < -0.3 is 4.74 Å². The Morgan fingerprint density at radius 1 is 1.19 bits per heavy atom. The first-order chi connectivity index (χ1) is 14.2. The maximum Gasteiger partial charge on any atom is 0.187 e. The van der Waals surface area contributed by atoms with Crippen LogP contribution in [0.15, 0.2) is 35.1 Å². The number of ketones is 3. The normalized spacial score (nSPS) is 34.0. The van der Waals surface area contributed by atoms with Crippen LogP contribution >= 0.6 is 0 Å². The molecule has 4 atom stereocenters. The van der Waals surface area contributed by atoms with Crippen LogP contribution in [0.4, 0.5) is 0 Å². The molecule has 170 valence electrons. The minimum Gasteiger partial charge on any atom is -0.486 e. The Hall–Kier alpha value is -1.97.